The van der Waals surface area contributed by atoms with Gasteiger partial charge in [-0.2, -0.15) is 0 Å². The molecule has 2 aromatic rings. The van der Waals surface area contributed by atoms with E-state index < -0.39 is 17.7 Å². The molecule has 3 heteroatoms. The molecule has 2 aromatic carbocycles. The Morgan fingerprint density at radius 1 is 0.944 bits per heavy atom. The third-order valence-corrected chi connectivity index (χ3v) is 3.06. The van der Waals surface area contributed by atoms with E-state index in [0.29, 0.717) is 0 Å². The average molecular weight is 247 g/mol. The Balaban J connectivity index is 2.50. The van der Waals surface area contributed by atoms with Crippen molar-refractivity contribution in [2.24, 2.45) is 5.73 Å². The molecule has 94 valence electrons. The van der Waals surface area contributed by atoms with Gasteiger partial charge in [0.25, 0.3) is 0 Å². The van der Waals surface area contributed by atoms with Crippen LogP contribution in [0.15, 0.2) is 36.4 Å². The summed E-state index contributed by atoms with van der Waals surface area (Å²) in [5.74, 6) is -0.961. The lowest BCUT2D eigenvalue weighted by atomic mass is 9.94. The first-order valence-electron chi connectivity index (χ1n) is 5.76. The van der Waals surface area contributed by atoms with Crippen LogP contribution in [0, 0.1) is 25.5 Å². The quantitative estimate of drug-likeness (QED) is 0.861. The molecule has 0 spiro atoms. The Hall–Kier alpha value is -1.74. The molecule has 1 unspecified atom stereocenters. The van der Waals surface area contributed by atoms with Crippen molar-refractivity contribution in [2.45, 2.75) is 19.9 Å². The molecule has 0 aliphatic heterocycles. The normalized spacial score (nSPS) is 12.5. The second kappa shape index (κ2) is 4.86. The van der Waals surface area contributed by atoms with Crippen LogP contribution in [0.4, 0.5) is 8.78 Å². The monoisotopic (exact) mass is 247 g/mol. The Bertz CT molecular complexity index is 527. The van der Waals surface area contributed by atoms with Crippen molar-refractivity contribution in [3.05, 3.63) is 70.3 Å². The molecule has 1 nitrogen and oxygen atoms in total. The number of aryl methyl sites for hydroxylation is 2. The van der Waals surface area contributed by atoms with Gasteiger partial charge in [-0.3, -0.25) is 0 Å². The van der Waals surface area contributed by atoms with E-state index in [0.717, 1.165) is 34.9 Å². The second-order valence-corrected chi connectivity index (χ2v) is 4.50. The molecule has 0 aliphatic carbocycles. The summed E-state index contributed by atoms with van der Waals surface area (Å²) >= 11 is 0. The van der Waals surface area contributed by atoms with Crippen molar-refractivity contribution < 1.29 is 8.78 Å². The van der Waals surface area contributed by atoms with Crippen LogP contribution < -0.4 is 5.73 Å². The highest BCUT2D eigenvalue weighted by Gasteiger charge is 2.16. The van der Waals surface area contributed by atoms with Gasteiger partial charge in [-0.1, -0.05) is 23.8 Å². The highest BCUT2D eigenvalue weighted by Crippen LogP contribution is 2.26. The van der Waals surface area contributed by atoms with Gasteiger partial charge in [0, 0.05) is 5.56 Å². The SMILES string of the molecule is Cc1ccc(C)c(C(N)c2cc(F)ccc2F)c1. The highest BCUT2D eigenvalue weighted by molar-refractivity contribution is 5.39. The van der Waals surface area contributed by atoms with Crippen molar-refractivity contribution in [1.29, 1.82) is 0 Å². The highest BCUT2D eigenvalue weighted by atomic mass is 19.1. The van der Waals surface area contributed by atoms with Crippen LogP contribution in [0.2, 0.25) is 0 Å². The second-order valence-electron chi connectivity index (χ2n) is 4.50. The molecule has 2 N–H and O–H groups in total. The van der Waals surface area contributed by atoms with Gasteiger partial charge in [0.2, 0.25) is 0 Å². The van der Waals surface area contributed by atoms with E-state index in [9.17, 15) is 8.78 Å². The van der Waals surface area contributed by atoms with Gasteiger partial charge in [0.05, 0.1) is 6.04 Å². The third kappa shape index (κ3) is 2.41. The summed E-state index contributed by atoms with van der Waals surface area (Å²) in [5.41, 5.74) is 9.07. The van der Waals surface area contributed by atoms with Crippen LogP contribution in [0.1, 0.15) is 28.3 Å². The van der Waals surface area contributed by atoms with Crippen LogP contribution in [0.5, 0.6) is 0 Å². The molecular weight excluding hydrogens is 232 g/mol. The third-order valence-electron chi connectivity index (χ3n) is 3.06. The zero-order valence-electron chi connectivity index (χ0n) is 10.4. The van der Waals surface area contributed by atoms with Crippen molar-refractivity contribution >= 4 is 0 Å². The molecule has 1 atom stereocenters. The maximum atomic E-state index is 13.7. The zero-order chi connectivity index (χ0) is 13.3. The fraction of sp³-hybridized carbons (Fsp3) is 0.200. The maximum Gasteiger partial charge on any atom is 0.128 e. The van der Waals surface area contributed by atoms with E-state index in [2.05, 4.69) is 0 Å². The molecule has 0 aromatic heterocycles. The van der Waals surface area contributed by atoms with Gasteiger partial charge in [-0.05, 0) is 43.2 Å². The van der Waals surface area contributed by atoms with E-state index >= 15 is 0 Å². The minimum absolute atomic E-state index is 0.184. The van der Waals surface area contributed by atoms with E-state index in [1.165, 1.54) is 0 Å². The van der Waals surface area contributed by atoms with Crippen molar-refractivity contribution in [3.8, 4) is 0 Å². The predicted octanol–water partition coefficient (Wildman–Crippen LogP) is 3.63. The molecular formula is C15H15F2N. The predicted molar refractivity (Wildman–Crippen MR) is 68.3 cm³/mol. The van der Waals surface area contributed by atoms with Crippen LogP contribution in [-0.4, -0.2) is 0 Å². The average Bonchev–Trinajstić information content (AvgIpc) is 2.34. The molecule has 0 saturated heterocycles. The molecule has 0 heterocycles. The summed E-state index contributed by atoms with van der Waals surface area (Å²) < 4.78 is 26.9. The summed E-state index contributed by atoms with van der Waals surface area (Å²) in [6, 6.07) is 8.51. The number of benzene rings is 2. The first-order valence-corrected chi connectivity index (χ1v) is 5.76. The zero-order valence-corrected chi connectivity index (χ0v) is 10.4. The van der Waals surface area contributed by atoms with Crippen LogP contribution in [-0.2, 0) is 0 Å². The van der Waals surface area contributed by atoms with Gasteiger partial charge in [0.1, 0.15) is 11.6 Å². The van der Waals surface area contributed by atoms with Crippen molar-refractivity contribution in [3.63, 3.8) is 0 Å². The Labute approximate surface area is 105 Å². The summed E-state index contributed by atoms with van der Waals surface area (Å²) in [6.45, 7) is 3.85. The summed E-state index contributed by atoms with van der Waals surface area (Å²) in [5, 5.41) is 0. The lowest BCUT2D eigenvalue weighted by Crippen LogP contribution is -2.15. The molecule has 0 bridgehead atoms. The first-order chi connectivity index (χ1) is 8.49. The van der Waals surface area contributed by atoms with Crippen LogP contribution >= 0.6 is 0 Å². The Morgan fingerprint density at radius 3 is 2.39 bits per heavy atom. The fourth-order valence-corrected chi connectivity index (χ4v) is 2.02. The summed E-state index contributed by atoms with van der Waals surface area (Å²) in [7, 11) is 0. The number of rotatable bonds is 2. The number of hydrogen-bond acceptors (Lipinski definition) is 1. The van der Waals surface area contributed by atoms with Gasteiger partial charge in [-0.15, -0.1) is 0 Å². The standard InChI is InChI=1S/C15H15F2N/c1-9-3-4-10(2)12(7-9)15(18)13-8-11(16)5-6-14(13)17/h3-8,15H,18H2,1-2H3. The first kappa shape index (κ1) is 12.7. The van der Waals surface area contributed by atoms with E-state index in [1.54, 1.807) is 0 Å². The van der Waals surface area contributed by atoms with Crippen LogP contribution in [0.3, 0.4) is 0 Å². The minimum atomic E-state index is -0.652. The molecule has 18 heavy (non-hydrogen) atoms. The number of nitrogens with two attached hydrogens (primary N) is 1. The van der Waals surface area contributed by atoms with E-state index in [1.807, 2.05) is 32.0 Å². The Kier molecular flexibility index (Phi) is 3.43. The van der Waals surface area contributed by atoms with Crippen LogP contribution in [0.25, 0.3) is 0 Å². The summed E-state index contributed by atoms with van der Waals surface area (Å²) in [4.78, 5) is 0. The molecule has 0 amide bonds. The topological polar surface area (TPSA) is 26.0 Å². The largest absolute Gasteiger partial charge is 0.320 e. The van der Waals surface area contributed by atoms with E-state index in [-0.39, 0.29) is 5.56 Å². The Morgan fingerprint density at radius 2 is 1.67 bits per heavy atom. The summed E-state index contributed by atoms with van der Waals surface area (Å²) in [6.07, 6.45) is 0. The molecule has 0 saturated carbocycles. The molecule has 0 aliphatic rings. The smallest absolute Gasteiger partial charge is 0.128 e. The number of hydrogen-bond donors (Lipinski definition) is 1. The van der Waals surface area contributed by atoms with Gasteiger partial charge < -0.3 is 5.73 Å². The van der Waals surface area contributed by atoms with Crippen molar-refractivity contribution in [2.75, 3.05) is 0 Å². The molecule has 0 radical (unpaired) electrons. The minimum Gasteiger partial charge on any atom is -0.320 e. The number of halogens is 2. The fourth-order valence-electron chi connectivity index (χ4n) is 2.02. The molecule has 0 fully saturated rings. The van der Waals surface area contributed by atoms with Gasteiger partial charge in [0.15, 0.2) is 0 Å². The molecule has 2 rings (SSSR count). The van der Waals surface area contributed by atoms with Gasteiger partial charge >= 0.3 is 0 Å². The van der Waals surface area contributed by atoms with Crippen molar-refractivity contribution in [1.82, 2.24) is 0 Å². The lowest BCUT2D eigenvalue weighted by Gasteiger charge is -2.16. The van der Waals surface area contributed by atoms with Gasteiger partial charge in [-0.25, -0.2) is 8.78 Å². The lowest BCUT2D eigenvalue weighted by molar-refractivity contribution is 0.576. The van der Waals surface area contributed by atoms with E-state index in [4.69, 9.17) is 5.73 Å². The maximum absolute atomic E-state index is 13.7.